The lowest BCUT2D eigenvalue weighted by Crippen LogP contribution is -2.04. The molecule has 2 aliphatic rings. The minimum atomic E-state index is 0.166. The fraction of sp³-hybridized carbons (Fsp3) is 0.318. The molecule has 0 radical (unpaired) electrons. The van der Waals surface area contributed by atoms with Gasteiger partial charge in [0.2, 0.25) is 0 Å². The van der Waals surface area contributed by atoms with Gasteiger partial charge in [-0.15, -0.1) is 0 Å². The number of halogens is 2. The molecule has 30 heavy (non-hydrogen) atoms. The first-order chi connectivity index (χ1) is 14.6. The first-order valence-corrected chi connectivity index (χ1v) is 10.4. The largest absolute Gasteiger partial charge is 0.491 e. The van der Waals surface area contributed by atoms with Crippen molar-refractivity contribution in [3.8, 4) is 34.0 Å². The molecule has 0 N–H and O–H groups in total. The van der Waals surface area contributed by atoms with E-state index in [1.807, 2.05) is 42.1 Å². The zero-order valence-corrected chi connectivity index (χ0v) is 17.8. The molecule has 6 nitrogen and oxygen atoms in total. The highest BCUT2D eigenvalue weighted by Crippen LogP contribution is 2.39. The molecule has 0 bridgehead atoms. The lowest BCUT2D eigenvalue weighted by atomic mass is 10.1. The van der Waals surface area contributed by atoms with Gasteiger partial charge in [-0.05, 0) is 42.5 Å². The molecule has 1 aromatic heterocycles. The van der Waals surface area contributed by atoms with Crippen LogP contribution in [0.15, 0.2) is 42.5 Å². The standard InChI is InChI=1S/C22H20Cl2N2O4/c1-26-21(13-2-4-14(5-3-13)27-9-16-11-29-16)8-20(25-26)22-18(23)6-15(7-19(22)24)28-10-17-12-30-17/h2-8,16-17H,9-12H2,1H3. The smallest absolute Gasteiger partial charge is 0.122 e. The van der Waals surface area contributed by atoms with Crippen LogP contribution in [0.5, 0.6) is 11.5 Å². The Morgan fingerprint density at radius 3 is 2.07 bits per heavy atom. The summed E-state index contributed by atoms with van der Waals surface area (Å²) in [4.78, 5) is 0. The van der Waals surface area contributed by atoms with Gasteiger partial charge in [0.1, 0.15) is 36.9 Å². The lowest BCUT2D eigenvalue weighted by molar-refractivity contribution is 0.263. The maximum atomic E-state index is 6.52. The van der Waals surface area contributed by atoms with E-state index in [2.05, 4.69) is 5.10 Å². The number of rotatable bonds is 8. The minimum absolute atomic E-state index is 0.166. The van der Waals surface area contributed by atoms with E-state index in [0.29, 0.717) is 40.3 Å². The number of aromatic nitrogens is 2. The number of nitrogens with zero attached hydrogens (tertiary/aromatic N) is 2. The van der Waals surface area contributed by atoms with Gasteiger partial charge in [0.15, 0.2) is 0 Å². The van der Waals surface area contributed by atoms with Gasteiger partial charge in [0.05, 0.1) is 34.6 Å². The van der Waals surface area contributed by atoms with Crippen molar-refractivity contribution in [2.24, 2.45) is 7.05 Å². The van der Waals surface area contributed by atoms with Gasteiger partial charge >= 0.3 is 0 Å². The van der Waals surface area contributed by atoms with Crippen LogP contribution in [-0.2, 0) is 16.5 Å². The molecule has 0 spiro atoms. The normalized spacial score (nSPS) is 19.6. The maximum Gasteiger partial charge on any atom is 0.122 e. The van der Waals surface area contributed by atoms with Gasteiger partial charge in [-0.1, -0.05) is 23.2 Å². The monoisotopic (exact) mass is 446 g/mol. The van der Waals surface area contributed by atoms with Crippen LogP contribution in [-0.4, -0.2) is 48.4 Å². The Kier molecular flexibility index (Phi) is 5.33. The van der Waals surface area contributed by atoms with Gasteiger partial charge in [0, 0.05) is 18.2 Å². The fourth-order valence-electron chi connectivity index (χ4n) is 3.17. The summed E-state index contributed by atoms with van der Waals surface area (Å²) in [5.41, 5.74) is 3.34. The van der Waals surface area contributed by atoms with Crippen molar-refractivity contribution in [2.75, 3.05) is 26.4 Å². The summed E-state index contributed by atoms with van der Waals surface area (Å²) in [5, 5.41) is 5.60. The number of ether oxygens (including phenoxy) is 4. The van der Waals surface area contributed by atoms with E-state index >= 15 is 0 Å². The van der Waals surface area contributed by atoms with E-state index in [1.165, 1.54) is 0 Å². The van der Waals surface area contributed by atoms with Crippen LogP contribution < -0.4 is 9.47 Å². The van der Waals surface area contributed by atoms with E-state index in [0.717, 1.165) is 30.2 Å². The number of aryl methyl sites for hydroxylation is 1. The summed E-state index contributed by atoms with van der Waals surface area (Å²) in [5.74, 6) is 1.43. The number of hydrogen-bond donors (Lipinski definition) is 0. The summed E-state index contributed by atoms with van der Waals surface area (Å²) >= 11 is 13.0. The highest BCUT2D eigenvalue weighted by molar-refractivity contribution is 6.39. The Morgan fingerprint density at radius 2 is 1.50 bits per heavy atom. The second-order valence-electron chi connectivity index (χ2n) is 7.36. The molecule has 2 saturated heterocycles. The van der Waals surface area contributed by atoms with Crippen molar-refractivity contribution < 1.29 is 18.9 Å². The Hall–Kier alpha value is -2.25. The first kappa shape index (κ1) is 19.7. The zero-order valence-electron chi connectivity index (χ0n) is 16.3. The lowest BCUT2D eigenvalue weighted by Gasteiger charge is -2.09. The van der Waals surface area contributed by atoms with Crippen LogP contribution in [0.1, 0.15) is 0 Å². The predicted octanol–water partition coefficient (Wildman–Crippen LogP) is 4.62. The average Bonchev–Trinajstić information content (AvgIpc) is 3.65. The van der Waals surface area contributed by atoms with Crippen molar-refractivity contribution in [1.29, 1.82) is 0 Å². The first-order valence-electron chi connectivity index (χ1n) is 9.69. The highest BCUT2D eigenvalue weighted by atomic mass is 35.5. The molecule has 3 heterocycles. The maximum absolute atomic E-state index is 6.52. The van der Waals surface area contributed by atoms with Crippen molar-refractivity contribution in [2.45, 2.75) is 12.2 Å². The van der Waals surface area contributed by atoms with E-state index in [4.69, 9.17) is 42.1 Å². The SMILES string of the molecule is Cn1nc(-c2c(Cl)cc(OCC3CO3)cc2Cl)cc1-c1ccc(OCC2CO2)cc1. The number of hydrogen-bond acceptors (Lipinski definition) is 5. The molecule has 0 aliphatic carbocycles. The summed E-state index contributed by atoms with van der Waals surface area (Å²) in [6.07, 6.45) is 0.400. The van der Waals surface area contributed by atoms with E-state index in [1.54, 1.807) is 12.1 Å². The zero-order chi connectivity index (χ0) is 20.7. The molecule has 2 unspecified atom stereocenters. The average molecular weight is 447 g/mol. The Balaban J connectivity index is 1.36. The van der Waals surface area contributed by atoms with Crippen molar-refractivity contribution >= 4 is 23.2 Å². The molecule has 8 heteroatoms. The molecular weight excluding hydrogens is 427 g/mol. The minimum Gasteiger partial charge on any atom is -0.491 e. The third kappa shape index (κ3) is 4.42. The number of benzene rings is 2. The van der Waals surface area contributed by atoms with Crippen LogP contribution in [0.25, 0.3) is 22.5 Å². The molecule has 0 saturated carbocycles. The van der Waals surface area contributed by atoms with Crippen molar-refractivity contribution in [3.05, 3.63) is 52.5 Å². The topological polar surface area (TPSA) is 61.3 Å². The van der Waals surface area contributed by atoms with Gasteiger partial charge in [-0.3, -0.25) is 4.68 Å². The summed E-state index contributed by atoms with van der Waals surface area (Å²) in [6, 6.07) is 13.4. The van der Waals surface area contributed by atoms with E-state index < -0.39 is 0 Å². The van der Waals surface area contributed by atoms with Crippen LogP contribution in [0.3, 0.4) is 0 Å². The second kappa shape index (κ2) is 8.12. The molecule has 2 atom stereocenters. The third-order valence-electron chi connectivity index (χ3n) is 4.98. The Labute approximate surface area is 184 Å². The molecule has 2 aliphatic heterocycles. The third-order valence-corrected chi connectivity index (χ3v) is 5.57. The van der Waals surface area contributed by atoms with Crippen LogP contribution >= 0.6 is 23.2 Å². The summed E-state index contributed by atoms with van der Waals surface area (Å²) < 4.78 is 23.5. The number of epoxide rings is 2. The molecule has 156 valence electrons. The van der Waals surface area contributed by atoms with Crippen LogP contribution in [0.2, 0.25) is 10.0 Å². The highest BCUT2D eigenvalue weighted by Gasteiger charge is 2.24. The van der Waals surface area contributed by atoms with E-state index in [9.17, 15) is 0 Å². The van der Waals surface area contributed by atoms with Gasteiger partial charge in [0.25, 0.3) is 0 Å². The van der Waals surface area contributed by atoms with Gasteiger partial charge in [-0.2, -0.15) is 5.10 Å². The predicted molar refractivity (Wildman–Crippen MR) is 115 cm³/mol. The molecule has 5 rings (SSSR count). The van der Waals surface area contributed by atoms with Crippen molar-refractivity contribution in [1.82, 2.24) is 9.78 Å². The summed E-state index contributed by atoms with van der Waals surface area (Å²) in [7, 11) is 1.89. The van der Waals surface area contributed by atoms with Crippen molar-refractivity contribution in [3.63, 3.8) is 0 Å². The molecule has 2 aromatic carbocycles. The Morgan fingerprint density at radius 1 is 0.933 bits per heavy atom. The summed E-state index contributed by atoms with van der Waals surface area (Å²) in [6.45, 7) is 2.59. The molecule has 0 amide bonds. The molecular formula is C22H20Cl2N2O4. The second-order valence-corrected chi connectivity index (χ2v) is 8.17. The van der Waals surface area contributed by atoms with Crippen LogP contribution in [0.4, 0.5) is 0 Å². The quantitative estimate of drug-likeness (QED) is 0.472. The molecule has 3 aromatic rings. The van der Waals surface area contributed by atoms with Crippen LogP contribution in [0, 0.1) is 0 Å². The molecule has 2 fully saturated rings. The van der Waals surface area contributed by atoms with Gasteiger partial charge in [-0.25, -0.2) is 0 Å². The van der Waals surface area contributed by atoms with E-state index in [-0.39, 0.29) is 12.2 Å². The fourth-order valence-corrected chi connectivity index (χ4v) is 3.83. The Bertz CT molecular complexity index is 1040. The van der Waals surface area contributed by atoms with Gasteiger partial charge < -0.3 is 18.9 Å².